The Morgan fingerprint density at radius 3 is 1.26 bits per heavy atom. The molecular formula is C63H115NO8. The number of carbonyl (C=O) groups is 3. The molecule has 0 spiro atoms. The zero-order valence-corrected chi connectivity index (χ0v) is 48.0. The first-order chi connectivity index (χ1) is 35.1. The second-order valence-corrected chi connectivity index (χ2v) is 23.5. The van der Waals surface area contributed by atoms with Crippen molar-refractivity contribution in [1.82, 2.24) is 4.90 Å². The van der Waals surface area contributed by atoms with Crippen LogP contribution in [0, 0.1) is 22.2 Å². The van der Waals surface area contributed by atoms with Crippen molar-refractivity contribution >= 4 is 17.9 Å². The molecule has 0 N–H and O–H groups in total. The Morgan fingerprint density at radius 1 is 0.444 bits per heavy atom. The summed E-state index contributed by atoms with van der Waals surface area (Å²) in [5, 5.41) is 0. The molecule has 0 aromatic heterocycles. The van der Waals surface area contributed by atoms with Crippen LogP contribution in [0.5, 0.6) is 0 Å². The van der Waals surface area contributed by atoms with Crippen molar-refractivity contribution in [2.75, 3.05) is 52.7 Å². The minimum absolute atomic E-state index is 0.0338. The molecule has 4 atom stereocenters. The van der Waals surface area contributed by atoms with Gasteiger partial charge in [0.15, 0.2) is 6.29 Å². The number of hydrogen-bond donors (Lipinski definition) is 0. The second kappa shape index (κ2) is 40.3. The fraction of sp³-hybridized carbons (Fsp3) is 0.921. The Labute approximate surface area is 443 Å². The molecule has 0 aromatic rings. The van der Waals surface area contributed by atoms with E-state index in [4.69, 9.17) is 23.7 Å². The molecule has 0 amide bonds. The highest BCUT2D eigenvalue weighted by Gasteiger charge is 2.62. The molecule has 9 heteroatoms. The Balaban J connectivity index is 1.48. The van der Waals surface area contributed by atoms with Gasteiger partial charge in [-0.2, -0.15) is 0 Å². The number of unbranched alkanes of at least 4 members (excludes halogenated alkanes) is 19. The van der Waals surface area contributed by atoms with E-state index in [2.05, 4.69) is 51.7 Å². The minimum Gasteiger partial charge on any atom is -0.466 e. The Hall–Kier alpha value is -1.97. The van der Waals surface area contributed by atoms with Crippen LogP contribution in [0.3, 0.4) is 0 Å². The molecule has 0 heterocycles. The molecule has 420 valence electrons. The lowest BCUT2D eigenvalue weighted by Crippen LogP contribution is -2.57. The Bertz CT molecular complexity index is 1380. The van der Waals surface area contributed by atoms with E-state index in [1.807, 2.05) is 0 Å². The fourth-order valence-corrected chi connectivity index (χ4v) is 13.6. The van der Waals surface area contributed by atoms with Crippen molar-refractivity contribution in [2.24, 2.45) is 22.2 Å². The largest absolute Gasteiger partial charge is 0.466 e. The molecule has 9 nitrogen and oxygen atoms in total. The van der Waals surface area contributed by atoms with Gasteiger partial charge in [-0.15, -0.1) is 0 Å². The summed E-state index contributed by atoms with van der Waals surface area (Å²) in [7, 11) is 0. The molecule has 0 aliphatic heterocycles. The normalized spacial score (nSPS) is 21.4. The van der Waals surface area contributed by atoms with Crippen molar-refractivity contribution < 1.29 is 38.1 Å². The van der Waals surface area contributed by atoms with E-state index >= 15 is 0 Å². The molecule has 0 aromatic carbocycles. The summed E-state index contributed by atoms with van der Waals surface area (Å²) in [6.45, 7) is 16.9. The summed E-state index contributed by atoms with van der Waals surface area (Å²) in [6, 6.07) is 0. The molecule has 4 unspecified atom stereocenters. The van der Waals surface area contributed by atoms with E-state index < -0.39 is 0 Å². The molecule has 4 fully saturated rings. The third-order valence-electron chi connectivity index (χ3n) is 16.8. The molecule has 4 rings (SSSR count). The number of esters is 3. The molecule has 72 heavy (non-hydrogen) atoms. The van der Waals surface area contributed by atoms with Crippen LogP contribution in [0.4, 0.5) is 0 Å². The van der Waals surface area contributed by atoms with Crippen molar-refractivity contribution in [3.8, 4) is 0 Å². The third-order valence-corrected chi connectivity index (χ3v) is 16.8. The van der Waals surface area contributed by atoms with Gasteiger partial charge >= 0.3 is 17.9 Å². The fourth-order valence-electron chi connectivity index (χ4n) is 13.6. The Morgan fingerprint density at radius 2 is 0.819 bits per heavy atom. The average Bonchev–Trinajstić information content (AvgIpc) is 3.36. The minimum atomic E-state index is -0.352. The molecule has 4 bridgehead atoms. The van der Waals surface area contributed by atoms with Gasteiger partial charge in [-0.05, 0) is 170 Å². The van der Waals surface area contributed by atoms with E-state index in [1.54, 1.807) is 0 Å². The maximum atomic E-state index is 13.2. The number of hydrogen-bond acceptors (Lipinski definition) is 9. The SMILES string of the molecule is CCCCCC/C=C\CCCCCCCC(=O)OCCCC12CC3CC(CCCOC(=O)CCCN(CC)CC)(C1)CC(CCCOC(=O)CCC(OCCCCCCCC)OCCCCCCCC)(C3)C2. The standard InChI is InChI=1S/C63H115NO8/c1-6-11-14-17-20-21-22-23-24-25-26-27-30-37-57(65)68-47-34-41-61-50-56-51-62(53-61,42-35-48-69-58(66)38-33-44-64(9-4)10-5)55-63(52-56,54-61)43-36-49-70-59(67)39-40-60(71-45-31-28-18-15-12-7-2)72-46-32-29-19-16-13-8-3/h21-22,56,60H,6-20,23-55H2,1-5H3/b22-21-. The number of allylic oxidation sites excluding steroid dienone is 2. The lowest BCUT2D eigenvalue weighted by atomic mass is 9.37. The van der Waals surface area contributed by atoms with Gasteiger partial charge in [0.25, 0.3) is 0 Å². The van der Waals surface area contributed by atoms with Gasteiger partial charge in [0.1, 0.15) is 0 Å². The van der Waals surface area contributed by atoms with Crippen molar-refractivity contribution in [3.05, 3.63) is 12.2 Å². The van der Waals surface area contributed by atoms with Gasteiger partial charge in [-0.25, -0.2) is 0 Å². The van der Waals surface area contributed by atoms with Crippen LogP contribution in [0.2, 0.25) is 0 Å². The van der Waals surface area contributed by atoms with E-state index in [9.17, 15) is 14.4 Å². The van der Waals surface area contributed by atoms with Gasteiger partial charge in [0.05, 0.1) is 26.2 Å². The van der Waals surface area contributed by atoms with Crippen LogP contribution in [0.15, 0.2) is 12.2 Å². The summed E-state index contributed by atoms with van der Waals surface area (Å²) >= 11 is 0. The van der Waals surface area contributed by atoms with Crippen LogP contribution >= 0.6 is 0 Å². The van der Waals surface area contributed by atoms with Gasteiger partial charge in [0.2, 0.25) is 0 Å². The van der Waals surface area contributed by atoms with Crippen LogP contribution < -0.4 is 0 Å². The summed E-state index contributed by atoms with van der Waals surface area (Å²) in [4.78, 5) is 41.1. The van der Waals surface area contributed by atoms with Gasteiger partial charge in [-0.1, -0.05) is 150 Å². The Kier molecular flexibility index (Phi) is 36.0. The van der Waals surface area contributed by atoms with Crippen LogP contribution in [-0.2, 0) is 38.1 Å². The van der Waals surface area contributed by atoms with Crippen molar-refractivity contribution in [1.29, 1.82) is 0 Å². The van der Waals surface area contributed by atoms with Gasteiger partial charge in [0, 0.05) is 32.5 Å². The number of carbonyl (C=O) groups excluding carboxylic acids is 3. The monoisotopic (exact) mass is 1010 g/mol. The third kappa shape index (κ3) is 28.8. The maximum Gasteiger partial charge on any atom is 0.305 e. The average molecular weight is 1010 g/mol. The number of rotatable bonds is 50. The van der Waals surface area contributed by atoms with Crippen molar-refractivity contribution in [2.45, 2.75) is 298 Å². The summed E-state index contributed by atoms with van der Waals surface area (Å²) in [5.41, 5.74) is 0.758. The molecule has 4 saturated carbocycles. The molecular weight excluding hydrogens is 899 g/mol. The van der Waals surface area contributed by atoms with Crippen molar-refractivity contribution in [3.63, 3.8) is 0 Å². The van der Waals surface area contributed by atoms with E-state index in [1.165, 1.54) is 161 Å². The first-order valence-corrected chi connectivity index (χ1v) is 31.2. The zero-order chi connectivity index (χ0) is 51.9. The first-order valence-electron chi connectivity index (χ1n) is 31.2. The van der Waals surface area contributed by atoms with Crippen LogP contribution in [-0.4, -0.2) is 81.8 Å². The molecule has 4 aliphatic rings. The highest BCUT2D eigenvalue weighted by atomic mass is 16.7. The maximum absolute atomic E-state index is 13.2. The lowest BCUT2D eigenvalue weighted by molar-refractivity contribution is -0.173. The van der Waals surface area contributed by atoms with Gasteiger partial charge in [-0.3, -0.25) is 14.4 Å². The van der Waals surface area contributed by atoms with Crippen LogP contribution in [0.25, 0.3) is 0 Å². The quantitative estimate of drug-likeness (QED) is 0.0194. The summed E-state index contributed by atoms with van der Waals surface area (Å²) in [6.07, 6.45) is 48.6. The van der Waals surface area contributed by atoms with E-state index in [-0.39, 0.29) is 40.4 Å². The smallest absolute Gasteiger partial charge is 0.305 e. The predicted molar refractivity (Wildman–Crippen MR) is 298 cm³/mol. The van der Waals surface area contributed by atoms with Gasteiger partial charge < -0.3 is 28.6 Å². The zero-order valence-electron chi connectivity index (χ0n) is 48.0. The topological polar surface area (TPSA) is 101 Å². The highest BCUT2D eigenvalue weighted by molar-refractivity contribution is 5.70. The van der Waals surface area contributed by atoms with Crippen LogP contribution in [0.1, 0.15) is 291 Å². The second-order valence-electron chi connectivity index (χ2n) is 23.5. The predicted octanol–water partition coefficient (Wildman–Crippen LogP) is 17.2. The molecule has 0 radical (unpaired) electrons. The first kappa shape index (κ1) is 64.3. The van der Waals surface area contributed by atoms with E-state index in [0.29, 0.717) is 64.6 Å². The lowest BCUT2D eigenvalue weighted by Gasteiger charge is -2.67. The number of nitrogens with zero attached hydrogens (tertiary/aromatic N) is 1. The molecule has 0 saturated heterocycles. The van der Waals surface area contributed by atoms with E-state index in [0.717, 1.165) is 90.3 Å². The summed E-state index contributed by atoms with van der Waals surface area (Å²) < 4.78 is 30.1. The summed E-state index contributed by atoms with van der Waals surface area (Å²) in [5.74, 6) is 0.459. The number of ether oxygens (including phenoxy) is 5. The molecule has 4 aliphatic carbocycles. The highest BCUT2D eigenvalue weighted by Crippen LogP contribution is 2.73.